The number of carbonyl (C=O) groups excluding carboxylic acids is 1. The minimum absolute atomic E-state index is 0.118. The van der Waals surface area contributed by atoms with Gasteiger partial charge in [0.15, 0.2) is 0 Å². The van der Waals surface area contributed by atoms with E-state index in [9.17, 15) is 4.79 Å². The van der Waals surface area contributed by atoms with Gasteiger partial charge in [0.1, 0.15) is 5.60 Å². The molecule has 5 heteroatoms. The molecule has 98 valence electrons. The van der Waals surface area contributed by atoms with Crippen molar-refractivity contribution < 1.29 is 9.53 Å². The average molecular weight is 369 g/mol. The first-order valence-corrected chi connectivity index (χ1v) is 7.40. The molecular formula is C12H19Br2NO2. The lowest BCUT2D eigenvalue weighted by Crippen LogP contribution is -2.45. The Labute approximate surface area is 120 Å². The van der Waals surface area contributed by atoms with E-state index in [2.05, 4.69) is 31.9 Å². The van der Waals surface area contributed by atoms with Crippen LogP contribution in [0, 0.1) is 0 Å². The van der Waals surface area contributed by atoms with Crippen molar-refractivity contribution in [3.63, 3.8) is 0 Å². The van der Waals surface area contributed by atoms with E-state index in [1.54, 1.807) is 4.90 Å². The second-order valence-corrected chi connectivity index (χ2v) is 7.97. The van der Waals surface area contributed by atoms with Crippen LogP contribution in [0.3, 0.4) is 0 Å². The third kappa shape index (κ3) is 5.42. The van der Waals surface area contributed by atoms with Gasteiger partial charge in [0.25, 0.3) is 0 Å². The van der Waals surface area contributed by atoms with E-state index in [-0.39, 0.29) is 12.1 Å². The third-order valence-corrected chi connectivity index (χ3v) is 3.02. The van der Waals surface area contributed by atoms with Gasteiger partial charge >= 0.3 is 6.09 Å². The van der Waals surface area contributed by atoms with Crippen LogP contribution in [-0.2, 0) is 4.74 Å². The summed E-state index contributed by atoms with van der Waals surface area (Å²) in [6, 6.07) is 0.118. The van der Waals surface area contributed by atoms with Gasteiger partial charge in [0.05, 0.1) is 9.43 Å². The van der Waals surface area contributed by atoms with Crippen LogP contribution in [0.25, 0.3) is 0 Å². The first kappa shape index (κ1) is 15.0. The number of likely N-dealkylation sites (tertiary alicyclic amines) is 1. The number of piperidine rings is 1. The smallest absolute Gasteiger partial charge is 0.410 e. The van der Waals surface area contributed by atoms with Gasteiger partial charge in [0, 0.05) is 6.54 Å². The van der Waals surface area contributed by atoms with E-state index < -0.39 is 5.60 Å². The number of ether oxygens (including phenoxy) is 1. The monoisotopic (exact) mass is 367 g/mol. The second-order valence-electron chi connectivity index (χ2n) is 5.19. The molecule has 0 aromatic heterocycles. The minimum Gasteiger partial charge on any atom is -0.444 e. The summed E-state index contributed by atoms with van der Waals surface area (Å²) in [7, 11) is 0. The average Bonchev–Trinajstić information content (AvgIpc) is 2.14. The van der Waals surface area contributed by atoms with Gasteiger partial charge in [0.2, 0.25) is 0 Å². The summed E-state index contributed by atoms with van der Waals surface area (Å²) < 4.78 is 6.30. The second kappa shape index (κ2) is 6.23. The Hall–Kier alpha value is -0.0300. The van der Waals surface area contributed by atoms with Crippen molar-refractivity contribution in [1.29, 1.82) is 0 Å². The molecule has 0 saturated carbocycles. The van der Waals surface area contributed by atoms with Crippen LogP contribution in [0.4, 0.5) is 4.79 Å². The molecule has 1 rings (SSSR count). The number of halogens is 2. The van der Waals surface area contributed by atoms with Gasteiger partial charge in [-0.15, -0.1) is 0 Å². The lowest BCUT2D eigenvalue weighted by molar-refractivity contribution is 0.0150. The molecule has 0 bridgehead atoms. The molecule has 0 aromatic carbocycles. The van der Waals surface area contributed by atoms with Gasteiger partial charge in [-0.05, 0) is 78.0 Å². The zero-order valence-corrected chi connectivity index (χ0v) is 13.7. The van der Waals surface area contributed by atoms with Gasteiger partial charge in [-0.3, -0.25) is 0 Å². The molecule has 1 amide bonds. The van der Waals surface area contributed by atoms with Crippen molar-refractivity contribution in [2.45, 2.75) is 51.7 Å². The predicted molar refractivity (Wildman–Crippen MR) is 76.5 cm³/mol. The molecule has 0 aromatic rings. The number of carbonyl (C=O) groups is 1. The fraction of sp³-hybridized carbons (Fsp3) is 0.750. The molecule has 0 unspecified atom stereocenters. The number of hydrogen-bond acceptors (Lipinski definition) is 2. The molecule has 1 fully saturated rings. The van der Waals surface area contributed by atoms with Crippen LogP contribution in [0.1, 0.15) is 40.0 Å². The highest BCUT2D eigenvalue weighted by molar-refractivity contribution is 9.28. The topological polar surface area (TPSA) is 29.5 Å². The normalized spacial score (nSPS) is 21.0. The Morgan fingerprint density at radius 2 is 2.00 bits per heavy atom. The van der Waals surface area contributed by atoms with Crippen LogP contribution in [-0.4, -0.2) is 29.2 Å². The largest absolute Gasteiger partial charge is 0.444 e. The van der Waals surface area contributed by atoms with Gasteiger partial charge in [-0.1, -0.05) is 0 Å². The van der Waals surface area contributed by atoms with Crippen molar-refractivity contribution >= 4 is 38.0 Å². The highest BCUT2D eigenvalue weighted by Crippen LogP contribution is 2.24. The Morgan fingerprint density at radius 1 is 1.35 bits per heavy atom. The SMILES string of the molecule is CC(C)(C)OC(=O)N1CCCC[C@H]1C=C(Br)Br. The summed E-state index contributed by atoms with van der Waals surface area (Å²) >= 11 is 6.69. The van der Waals surface area contributed by atoms with E-state index in [0.29, 0.717) is 0 Å². The molecular weight excluding hydrogens is 350 g/mol. The standard InChI is InChI=1S/C12H19Br2NO2/c1-12(2,3)17-11(16)15-7-5-4-6-9(15)8-10(13)14/h8-9H,4-7H2,1-3H3/t9-/m0/s1. The molecule has 0 spiro atoms. The summed E-state index contributed by atoms with van der Waals surface area (Å²) in [5, 5.41) is 0. The number of amides is 1. The Bertz CT molecular complexity index is 306. The highest BCUT2D eigenvalue weighted by Gasteiger charge is 2.29. The molecule has 1 heterocycles. The summed E-state index contributed by atoms with van der Waals surface area (Å²) in [6.07, 6.45) is 4.96. The van der Waals surface area contributed by atoms with Gasteiger partial charge in [-0.2, -0.15) is 0 Å². The van der Waals surface area contributed by atoms with E-state index in [0.717, 1.165) is 29.2 Å². The fourth-order valence-electron chi connectivity index (χ4n) is 1.82. The zero-order valence-electron chi connectivity index (χ0n) is 10.5. The molecule has 3 nitrogen and oxygen atoms in total. The molecule has 1 saturated heterocycles. The molecule has 0 N–H and O–H groups in total. The predicted octanol–water partition coefficient (Wildman–Crippen LogP) is 4.41. The highest BCUT2D eigenvalue weighted by atomic mass is 79.9. The number of hydrogen-bond donors (Lipinski definition) is 0. The third-order valence-electron chi connectivity index (χ3n) is 2.50. The van der Waals surface area contributed by atoms with E-state index in [4.69, 9.17) is 4.74 Å². The number of rotatable bonds is 1. The molecule has 1 aliphatic rings. The lowest BCUT2D eigenvalue weighted by Gasteiger charge is -2.35. The number of nitrogens with zero attached hydrogens (tertiary/aromatic N) is 1. The summed E-state index contributed by atoms with van der Waals surface area (Å²) in [4.78, 5) is 13.9. The fourth-order valence-corrected chi connectivity index (χ4v) is 2.43. The molecule has 0 aliphatic carbocycles. The van der Waals surface area contributed by atoms with Crippen molar-refractivity contribution in [1.82, 2.24) is 4.90 Å². The first-order chi connectivity index (χ1) is 7.79. The summed E-state index contributed by atoms with van der Waals surface area (Å²) in [5.41, 5.74) is -0.436. The lowest BCUT2D eigenvalue weighted by atomic mass is 10.0. The quantitative estimate of drug-likeness (QED) is 0.686. The van der Waals surface area contributed by atoms with Crippen molar-refractivity contribution in [3.8, 4) is 0 Å². The molecule has 17 heavy (non-hydrogen) atoms. The maximum Gasteiger partial charge on any atom is 0.410 e. The minimum atomic E-state index is -0.436. The maximum atomic E-state index is 12.0. The van der Waals surface area contributed by atoms with Crippen LogP contribution in [0.5, 0.6) is 0 Å². The Morgan fingerprint density at radius 3 is 2.53 bits per heavy atom. The van der Waals surface area contributed by atoms with Crippen LogP contribution < -0.4 is 0 Å². The van der Waals surface area contributed by atoms with Crippen molar-refractivity contribution in [2.75, 3.05) is 6.54 Å². The molecule has 1 aliphatic heterocycles. The first-order valence-electron chi connectivity index (χ1n) is 5.82. The summed E-state index contributed by atoms with van der Waals surface area (Å²) in [5.74, 6) is 0. The van der Waals surface area contributed by atoms with Crippen LogP contribution >= 0.6 is 31.9 Å². The summed E-state index contributed by atoms with van der Waals surface area (Å²) in [6.45, 7) is 6.43. The Kier molecular flexibility index (Phi) is 5.51. The van der Waals surface area contributed by atoms with Crippen molar-refractivity contribution in [3.05, 3.63) is 9.47 Å². The van der Waals surface area contributed by atoms with Crippen molar-refractivity contribution in [2.24, 2.45) is 0 Å². The molecule has 0 radical (unpaired) electrons. The van der Waals surface area contributed by atoms with Crippen LogP contribution in [0.2, 0.25) is 0 Å². The maximum absolute atomic E-state index is 12.0. The van der Waals surface area contributed by atoms with E-state index in [1.165, 1.54) is 0 Å². The molecule has 1 atom stereocenters. The van der Waals surface area contributed by atoms with E-state index >= 15 is 0 Å². The van der Waals surface area contributed by atoms with E-state index in [1.807, 2.05) is 26.8 Å². The van der Waals surface area contributed by atoms with Crippen LogP contribution in [0.15, 0.2) is 9.47 Å². The van der Waals surface area contributed by atoms with Gasteiger partial charge in [-0.25, -0.2) is 4.79 Å². The Balaban J connectivity index is 2.71. The van der Waals surface area contributed by atoms with Gasteiger partial charge < -0.3 is 9.64 Å². The zero-order chi connectivity index (χ0) is 13.1.